The Balaban J connectivity index is 1.62. The molecular formula is C18H24N2O. The molecule has 2 aliphatic carbocycles. The van der Waals surface area contributed by atoms with Crippen LogP contribution in [0.2, 0.25) is 0 Å². The van der Waals surface area contributed by atoms with Crippen LogP contribution in [0.4, 0.5) is 5.69 Å². The number of rotatable bonds is 2. The summed E-state index contributed by atoms with van der Waals surface area (Å²) in [5.41, 5.74) is 2.42. The third-order valence-electron chi connectivity index (χ3n) is 5.91. The number of nitrogens with one attached hydrogen (secondary N) is 1. The number of amides is 1. The Kier molecular flexibility index (Phi) is 3.26. The highest BCUT2D eigenvalue weighted by molar-refractivity contribution is 5.96. The Labute approximate surface area is 126 Å². The van der Waals surface area contributed by atoms with Crippen molar-refractivity contribution in [2.45, 2.75) is 38.1 Å². The lowest BCUT2D eigenvalue weighted by molar-refractivity contribution is -0.124. The first-order valence-electron chi connectivity index (χ1n) is 8.35. The zero-order valence-corrected chi connectivity index (χ0v) is 12.7. The lowest BCUT2D eigenvalue weighted by atomic mass is 9.86. The molecule has 0 radical (unpaired) electrons. The minimum atomic E-state index is 0.294. The second-order valence-corrected chi connectivity index (χ2v) is 6.96. The number of benzene rings is 1. The van der Waals surface area contributed by atoms with E-state index in [1.165, 1.54) is 24.8 Å². The van der Waals surface area contributed by atoms with Gasteiger partial charge < -0.3 is 10.2 Å². The second-order valence-electron chi connectivity index (χ2n) is 6.96. The molecule has 3 aliphatic rings. The van der Waals surface area contributed by atoms with Crippen LogP contribution in [0.3, 0.4) is 0 Å². The third-order valence-corrected chi connectivity index (χ3v) is 5.91. The van der Waals surface area contributed by atoms with Gasteiger partial charge in [-0.2, -0.15) is 0 Å². The van der Waals surface area contributed by atoms with Gasteiger partial charge in [-0.3, -0.25) is 4.79 Å². The number of fused-ring (bicyclic) bond motifs is 3. The molecule has 0 saturated heterocycles. The molecule has 4 atom stereocenters. The van der Waals surface area contributed by atoms with Gasteiger partial charge in [-0.05, 0) is 56.2 Å². The largest absolute Gasteiger partial charge is 0.313 e. The quantitative estimate of drug-likeness (QED) is 0.905. The third kappa shape index (κ3) is 2.10. The minimum absolute atomic E-state index is 0.294. The van der Waals surface area contributed by atoms with Crippen LogP contribution in [0.5, 0.6) is 0 Å². The molecule has 2 bridgehead atoms. The molecule has 3 heteroatoms. The molecule has 1 aliphatic heterocycles. The van der Waals surface area contributed by atoms with Gasteiger partial charge in [0, 0.05) is 24.2 Å². The van der Waals surface area contributed by atoms with Gasteiger partial charge in [-0.1, -0.05) is 24.6 Å². The van der Waals surface area contributed by atoms with Crippen molar-refractivity contribution < 1.29 is 4.79 Å². The fraction of sp³-hybridized carbons (Fsp3) is 0.611. The lowest BCUT2D eigenvalue weighted by Gasteiger charge is -2.37. The van der Waals surface area contributed by atoms with Gasteiger partial charge in [-0.15, -0.1) is 0 Å². The number of nitrogens with zero attached hydrogens (tertiary/aromatic N) is 1. The molecule has 1 N–H and O–H groups in total. The van der Waals surface area contributed by atoms with Gasteiger partial charge in [0.25, 0.3) is 0 Å². The summed E-state index contributed by atoms with van der Waals surface area (Å²) < 4.78 is 0. The average molecular weight is 284 g/mol. The number of hydrogen-bond acceptors (Lipinski definition) is 2. The maximum atomic E-state index is 13.1. The average Bonchev–Trinajstić information content (AvgIpc) is 3.16. The fourth-order valence-electron chi connectivity index (χ4n) is 4.84. The first-order chi connectivity index (χ1) is 10.3. The van der Waals surface area contributed by atoms with Crippen LogP contribution in [0.25, 0.3) is 0 Å². The summed E-state index contributed by atoms with van der Waals surface area (Å²) >= 11 is 0. The summed E-state index contributed by atoms with van der Waals surface area (Å²) in [5, 5.41) is 3.38. The van der Waals surface area contributed by atoms with Crippen molar-refractivity contribution in [1.29, 1.82) is 0 Å². The predicted molar refractivity (Wildman–Crippen MR) is 84.2 cm³/mol. The van der Waals surface area contributed by atoms with Crippen LogP contribution in [-0.4, -0.2) is 19.5 Å². The predicted octanol–water partition coefficient (Wildman–Crippen LogP) is 3.12. The van der Waals surface area contributed by atoms with E-state index in [0.29, 0.717) is 23.8 Å². The zero-order valence-electron chi connectivity index (χ0n) is 12.7. The topological polar surface area (TPSA) is 32.3 Å². The summed E-state index contributed by atoms with van der Waals surface area (Å²) in [5.74, 6) is 2.18. The Hall–Kier alpha value is -1.35. The Morgan fingerprint density at radius 3 is 2.76 bits per heavy atom. The summed E-state index contributed by atoms with van der Waals surface area (Å²) in [6.07, 6.45) is 6.07. The van der Waals surface area contributed by atoms with Crippen molar-refractivity contribution >= 4 is 11.6 Å². The van der Waals surface area contributed by atoms with Crippen molar-refractivity contribution in [2.24, 2.45) is 17.8 Å². The molecule has 4 rings (SSSR count). The van der Waals surface area contributed by atoms with Crippen molar-refractivity contribution in [3.8, 4) is 0 Å². The highest BCUT2D eigenvalue weighted by atomic mass is 16.2. The Bertz CT molecular complexity index is 556. The normalized spacial score (nSPS) is 34.0. The summed E-state index contributed by atoms with van der Waals surface area (Å²) in [4.78, 5) is 15.1. The van der Waals surface area contributed by atoms with Crippen LogP contribution in [0.1, 0.15) is 43.7 Å². The van der Waals surface area contributed by atoms with E-state index < -0.39 is 0 Å². The summed E-state index contributed by atoms with van der Waals surface area (Å²) in [6, 6.07) is 8.79. The second kappa shape index (κ2) is 5.13. The Morgan fingerprint density at radius 2 is 2.05 bits per heavy atom. The number of hydrogen-bond donors (Lipinski definition) is 1. The SMILES string of the molecule is CNC1CCN(C(=O)C2CC3CCC2C3)c2ccccc21. The first kappa shape index (κ1) is 13.3. The van der Waals surface area contributed by atoms with Gasteiger partial charge in [0.2, 0.25) is 5.91 Å². The number of carbonyl (C=O) groups excluding carboxylic acids is 1. The Morgan fingerprint density at radius 1 is 1.19 bits per heavy atom. The van der Waals surface area contributed by atoms with E-state index in [4.69, 9.17) is 0 Å². The molecule has 1 amide bonds. The van der Waals surface area contributed by atoms with Crippen molar-refractivity contribution in [3.63, 3.8) is 0 Å². The van der Waals surface area contributed by atoms with Gasteiger partial charge in [0.15, 0.2) is 0 Å². The van der Waals surface area contributed by atoms with Gasteiger partial charge in [0.1, 0.15) is 0 Å². The van der Waals surface area contributed by atoms with E-state index in [9.17, 15) is 4.79 Å². The number of anilines is 1. The summed E-state index contributed by atoms with van der Waals surface area (Å²) in [7, 11) is 2.01. The molecule has 1 aromatic carbocycles. The van der Waals surface area contributed by atoms with Crippen LogP contribution < -0.4 is 10.2 Å². The first-order valence-corrected chi connectivity index (χ1v) is 8.35. The number of carbonyl (C=O) groups is 1. The van der Waals surface area contributed by atoms with Crippen molar-refractivity contribution in [2.75, 3.05) is 18.5 Å². The van der Waals surface area contributed by atoms with Gasteiger partial charge in [-0.25, -0.2) is 0 Å². The monoisotopic (exact) mass is 284 g/mol. The molecule has 0 spiro atoms. The molecule has 1 heterocycles. The fourth-order valence-corrected chi connectivity index (χ4v) is 4.84. The number of para-hydroxylation sites is 1. The maximum absolute atomic E-state index is 13.1. The molecule has 1 aromatic rings. The van der Waals surface area contributed by atoms with Gasteiger partial charge >= 0.3 is 0 Å². The van der Waals surface area contributed by atoms with E-state index in [1.54, 1.807) is 0 Å². The molecule has 112 valence electrons. The van der Waals surface area contributed by atoms with Crippen LogP contribution in [0, 0.1) is 17.8 Å². The molecule has 2 saturated carbocycles. The highest BCUT2D eigenvalue weighted by Crippen LogP contribution is 2.49. The van der Waals surface area contributed by atoms with Crippen molar-refractivity contribution in [3.05, 3.63) is 29.8 Å². The van der Waals surface area contributed by atoms with Crippen molar-refractivity contribution in [1.82, 2.24) is 5.32 Å². The van der Waals surface area contributed by atoms with Gasteiger partial charge in [0.05, 0.1) is 0 Å². The maximum Gasteiger partial charge on any atom is 0.230 e. The standard InChI is InChI=1S/C18H24N2O/c1-19-16-8-9-20(17-5-3-2-4-14(16)17)18(21)15-11-12-6-7-13(15)10-12/h2-5,12-13,15-16,19H,6-11H2,1H3. The highest BCUT2D eigenvalue weighted by Gasteiger charge is 2.45. The van der Waals surface area contributed by atoms with E-state index in [-0.39, 0.29) is 0 Å². The van der Waals surface area contributed by atoms with E-state index in [1.807, 2.05) is 7.05 Å². The molecule has 4 unspecified atom stereocenters. The smallest absolute Gasteiger partial charge is 0.230 e. The van der Waals surface area contributed by atoms with E-state index in [0.717, 1.165) is 31.0 Å². The van der Waals surface area contributed by atoms with E-state index >= 15 is 0 Å². The van der Waals surface area contributed by atoms with Crippen LogP contribution in [0.15, 0.2) is 24.3 Å². The van der Waals surface area contributed by atoms with Crippen LogP contribution >= 0.6 is 0 Å². The van der Waals surface area contributed by atoms with E-state index in [2.05, 4.69) is 34.5 Å². The van der Waals surface area contributed by atoms with Crippen LogP contribution in [-0.2, 0) is 4.79 Å². The molecule has 21 heavy (non-hydrogen) atoms. The molecule has 2 fully saturated rings. The molecule has 0 aromatic heterocycles. The molecular weight excluding hydrogens is 260 g/mol. The minimum Gasteiger partial charge on any atom is -0.313 e. The molecule has 3 nitrogen and oxygen atoms in total. The zero-order chi connectivity index (χ0) is 14.4. The summed E-state index contributed by atoms with van der Waals surface area (Å²) in [6.45, 7) is 0.856. The lowest BCUT2D eigenvalue weighted by Crippen LogP contribution is -2.43.